The molecule has 0 aromatic carbocycles. The van der Waals surface area contributed by atoms with Crippen LogP contribution >= 0.6 is 0 Å². The minimum Gasteiger partial charge on any atom is -0.330 e. The Morgan fingerprint density at radius 2 is 2.27 bits per heavy atom. The minimum atomic E-state index is 0.799. The van der Waals surface area contributed by atoms with Crippen molar-refractivity contribution in [1.29, 1.82) is 0 Å². The summed E-state index contributed by atoms with van der Waals surface area (Å²) in [4.78, 5) is 2.51. The summed E-state index contributed by atoms with van der Waals surface area (Å²) in [6.07, 6.45) is 4.24. The van der Waals surface area contributed by atoms with Crippen LogP contribution in [0.25, 0.3) is 0 Å². The van der Waals surface area contributed by atoms with Gasteiger partial charge < -0.3 is 10.6 Å². The van der Waals surface area contributed by atoms with E-state index in [1.165, 1.54) is 25.8 Å². The van der Waals surface area contributed by atoms with Crippen molar-refractivity contribution in [2.24, 2.45) is 17.6 Å². The monoisotopic (exact) mass is 154 g/mol. The summed E-state index contributed by atoms with van der Waals surface area (Å²) in [5.41, 5.74) is 5.73. The number of nitrogens with two attached hydrogens (primary N) is 1. The van der Waals surface area contributed by atoms with Crippen molar-refractivity contribution < 1.29 is 0 Å². The zero-order chi connectivity index (χ0) is 7.84. The Bertz CT molecular complexity index is 146. The highest BCUT2D eigenvalue weighted by atomic mass is 15.2. The highest BCUT2D eigenvalue weighted by Gasteiger charge is 2.37. The lowest BCUT2D eigenvalue weighted by Crippen LogP contribution is -2.52. The van der Waals surface area contributed by atoms with Gasteiger partial charge in [0.25, 0.3) is 0 Å². The molecule has 2 bridgehead atoms. The molecular formula is C9H18N2. The first-order valence-corrected chi connectivity index (χ1v) is 4.71. The molecule has 0 unspecified atom stereocenters. The van der Waals surface area contributed by atoms with Crippen LogP contribution < -0.4 is 5.73 Å². The highest BCUT2D eigenvalue weighted by Crippen LogP contribution is 2.37. The SMILES string of the molecule is CN1C[C@H]2CC[C@H]1[C@@H](CN)C2. The molecule has 0 amide bonds. The summed E-state index contributed by atoms with van der Waals surface area (Å²) >= 11 is 0. The Hall–Kier alpha value is -0.0800. The van der Waals surface area contributed by atoms with E-state index in [9.17, 15) is 0 Å². The summed E-state index contributed by atoms with van der Waals surface area (Å²) in [6, 6.07) is 0.810. The number of piperidine rings is 2. The summed E-state index contributed by atoms with van der Waals surface area (Å²) < 4.78 is 0. The minimum absolute atomic E-state index is 0.799. The number of hydrogen-bond donors (Lipinski definition) is 1. The maximum absolute atomic E-state index is 5.73. The fourth-order valence-electron chi connectivity index (χ4n) is 2.89. The van der Waals surface area contributed by atoms with Crippen molar-refractivity contribution in [2.45, 2.75) is 25.3 Å². The summed E-state index contributed by atoms with van der Waals surface area (Å²) in [5, 5.41) is 0. The van der Waals surface area contributed by atoms with Crippen LogP contribution in [-0.2, 0) is 0 Å². The Morgan fingerprint density at radius 1 is 1.45 bits per heavy atom. The van der Waals surface area contributed by atoms with Gasteiger partial charge in [-0.1, -0.05) is 0 Å². The van der Waals surface area contributed by atoms with Crippen molar-refractivity contribution in [3.63, 3.8) is 0 Å². The largest absolute Gasteiger partial charge is 0.330 e. The van der Waals surface area contributed by atoms with E-state index in [1.807, 2.05) is 0 Å². The predicted molar refractivity (Wildman–Crippen MR) is 46.3 cm³/mol. The zero-order valence-electron chi connectivity index (χ0n) is 7.29. The van der Waals surface area contributed by atoms with Crippen molar-refractivity contribution in [3.05, 3.63) is 0 Å². The van der Waals surface area contributed by atoms with Gasteiger partial charge in [-0.25, -0.2) is 0 Å². The first-order valence-electron chi connectivity index (χ1n) is 4.71. The molecule has 3 fully saturated rings. The third-order valence-corrected chi connectivity index (χ3v) is 3.47. The molecule has 2 nitrogen and oxygen atoms in total. The molecule has 64 valence electrons. The molecule has 1 saturated carbocycles. The molecular weight excluding hydrogens is 136 g/mol. The topological polar surface area (TPSA) is 29.3 Å². The van der Waals surface area contributed by atoms with Crippen LogP contribution in [0, 0.1) is 11.8 Å². The molecule has 3 aliphatic rings. The van der Waals surface area contributed by atoms with Gasteiger partial charge in [0.15, 0.2) is 0 Å². The number of fused-ring (bicyclic) bond motifs is 3. The van der Waals surface area contributed by atoms with Crippen LogP contribution in [-0.4, -0.2) is 31.1 Å². The molecule has 0 aromatic rings. The van der Waals surface area contributed by atoms with Crippen molar-refractivity contribution in [3.8, 4) is 0 Å². The first kappa shape index (κ1) is 7.56. The first-order chi connectivity index (χ1) is 5.31. The lowest BCUT2D eigenvalue weighted by atomic mass is 9.73. The van der Waals surface area contributed by atoms with Gasteiger partial charge in [0.1, 0.15) is 0 Å². The van der Waals surface area contributed by atoms with E-state index in [2.05, 4.69) is 11.9 Å². The number of nitrogens with zero attached hydrogens (tertiary/aromatic N) is 1. The van der Waals surface area contributed by atoms with Crippen LogP contribution in [0.5, 0.6) is 0 Å². The molecule has 2 N–H and O–H groups in total. The average Bonchev–Trinajstić information content (AvgIpc) is 2.04. The second kappa shape index (κ2) is 2.76. The lowest BCUT2D eigenvalue weighted by molar-refractivity contribution is 0.0239. The quantitative estimate of drug-likeness (QED) is 0.601. The van der Waals surface area contributed by atoms with Gasteiger partial charge in [-0.3, -0.25) is 0 Å². The fraction of sp³-hybridized carbons (Fsp3) is 1.00. The number of hydrogen-bond acceptors (Lipinski definition) is 2. The van der Waals surface area contributed by atoms with E-state index in [1.54, 1.807) is 0 Å². The lowest BCUT2D eigenvalue weighted by Gasteiger charge is -2.48. The van der Waals surface area contributed by atoms with E-state index in [0.717, 1.165) is 24.4 Å². The summed E-state index contributed by atoms with van der Waals surface area (Å²) in [6.45, 7) is 2.21. The smallest absolute Gasteiger partial charge is 0.0133 e. The second-order valence-corrected chi connectivity index (χ2v) is 4.18. The molecule has 3 atom stereocenters. The van der Waals surface area contributed by atoms with Gasteiger partial charge in [0, 0.05) is 12.6 Å². The van der Waals surface area contributed by atoms with E-state index in [4.69, 9.17) is 5.73 Å². The predicted octanol–water partition coefficient (Wildman–Crippen LogP) is 0.675. The molecule has 3 rings (SSSR count). The molecule has 0 aromatic heterocycles. The molecule has 0 radical (unpaired) electrons. The molecule has 2 heterocycles. The Morgan fingerprint density at radius 3 is 2.73 bits per heavy atom. The van der Waals surface area contributed by atoms with E-state index in [0.29, 0.717) is 0 Å². The number of rotatable bonds is 1. The Balaban J connectivity index is 2.07. The van der Waals surface area contributed by atoms with E-state index < -0.39 is 0 Å². The van der Waals surface area contributed by atoms with Gasteiger partial charge >= 0.3 is 0 Å². The standard InChI is InChI=1S/C9H18N2/c1-11-6-7-2-3-9(11)8(4-7)5-10/h7-9H,2-6,10H2,1H3/t7-,8+,9-/m0/s1. The van der Waals surface area contributed by atoms with Gasteiger partial charge in [0.2, 0.25) is 0 Å². The molecule has 11 heavy (non-hydrogen) atoms. The average molecular weight is 154 g/mol. The van der Waals surface area contributed by atoms with Crippen LogP contribution in [0.2, 0.25) is 0 Å². The van der Waals surface area contributed by atoms with Crippen molar-refractivity contribution in [1.82, 2.24) is 4.90 Å². The molecule has 2 saturated heterocycles. The van der Waals surface area contributed by atoms with Crippen molar-refractivity contribution in [2.75, 3.05) is 20.1 Å². The summed E-state index contributed by atoms with van der Waals surface area (Å²) in [5.74, 6) is 1.76. The van der Waals surface area contributed by atoms with Crippen LogP contribution in [0.15, 0.2) is 0 Å². The van der Waals surface area contributed by atoms with Crippen LogP contribution in [0.3, 0.4) is 0 Å². The summed E-state index contributed by atoms with van der Waals surface area (Å²) in [7, 11) is 2.25. The Kier molecular flexibility index (Phi) is 1.90. The molecule has 0 spiro atoms. The maximum Gasteiger partial charge on any atom is 0.0133 e. The maximum atomic E-state index is 5.73. The van der Waals surface area contributed by atoms with Gasteiger partial charge in [-0.15, -0.1) is 0 Å². The van der Waals surface area contributed by atoms with Gasteiger partial charge in [-0.05, 0) is 44.7 Å². The normalized spacial score (nSPS) is 44.7. The third-order valence-electron chi connectivity index (χ3n) is 3.47. The molecule has 2 heteroatoms. The Labute approximate surface area is 68.7 Å². The van der Waals surface area contributed by atoms with Crippen LogP contribution in [0.4, 0.5) is 0 Å². The third kappa shape index (κ3) is 1.18. The highest BCUT2D eigenvalue weighted by molar-refractivity contribution is 4.92. The van der Waals surface area contributed by atoms with Crippen LogP contribution in [0.1, 0.15) is 19.3 Å². The molecule has 2 aliphatic heterocycles. The second-order valence-electron chi connectivity index (χ2n) is 4.18. The van der Waals surface area contributed by atoms with Gasteiger partial charge in [0.05, 0.1) is 0 Å². The van der Waals surface area contributed by atoms with Crippen molar-refractivity contribution >= 4 is 0 Å². The molecule has 1 aliphatic carbocycles. The fourth-order valence-corrected chi connectivity index (χ4v) is 2.89. The zero-order valence-corrected chi connectivity index (χ0v) is 7.29. The van der Waals surface area contributed by atoms with Gasteiger partial charge in [-0.2, -0.15) is 0 Å². The van der Waals surface area contributed by atoms with E-state index in [-0.39, 0.29) is 0 Å². The van der Waals surface area contributed by atoms with E-state index >= 15 is 0 Å².